The van der Waals surface area contributed by atoms with Gasteiger partial charge in [0, 0.05) is 18.2 Å². The molecule has 2 aromatic heterocycles. The van der Waals surface area contributed by atoms with Crippen LogP contribution < -0.4 is 10.6 Å². The van der Waals surface area contributed by atoms with Gasteiger partial charge < -0.3 is 15.1 Å². The Bertz CT molecular complexity index is 1040. The van der Waals surface area contributed by atoms with E-state index in [0.717, 1.165) is 4.68 Å². The highest BCUT2D eigenvalue weighted by Crippen LogP contribution is 2.43. The van der Waals surface area contributed by atoms with Crippen molar-refractivity contribution in [2.24, 2.45) is 0 Å². The molecule has 1 aliphatic rings. The number of alkyl halides is 3. The van der Waals surface area contributed by atoms with E-state index >= 15 is 0 Å². The Kier molecular flexibility index (Phi) is 4.56. The quantitative estimate of drug-likeness (QED) is 0.609. The molecule has 1 amide bonds. The van der Waals surface area contributed by atoms with Crippen molar-refractivity contribution in [1.82, 2.24) is 9.78 Å². The van der Waals surface area contributed by atoms with Crippen LogP contribution in [0.5, 0.6) is 0 Å². The molecule has 4 rings (SSSR count). The van der Waals surface area contributed by atoms with Crippen LogP contribution in [0.4, 0.5) is 29.1 Å². The van der Waals surface area contributed by atoms with E-state index in [4.69, 9.17) is 4.42 Å². The maximum absolute atomic E-state index is 13.6. The molecule has 0 unspecified atom stereocenters. The molecule has 1 aromatic carbocycles. The number of carbonyl (C=O) groups is 1. The molecule has 2 atom stereocenters. The molecule has 1 aliphatic heterocycles. The average Bonchev–Trinajstić information content (AvgIpc) is 3.31. The number of benzene rings is 1. The number of nitrogens with one attached hydrogen (secondary N) is 2. The smallest absolute Gasteiger partial charge is 0.410 e. The largest absolute Gasteiger partial charge is 0.467 e. The van der Waals surface area contributed by atoms with E-state index in [9.17, 15) is 22.4 Å². The Labute approximate surface area is 162 Å². The van der Waals surface area contributed by atoms with Gasteiger partial charge in [-0.1, -0.05) is 0 Å². The lowest BCUT2D eigenvalue weighted by Crippen LogP contribution is -2.35. The number of hydrogen-bond donors (Lipinski definition) is 2. The van der Waals surface area contributed by atoms with Gasteiger partial charge in [-0.15, -0.1) is 0 Å². The van der Waals surface area contributed by atoms with Crippen LogP contribution >= 0.6 is 0 Å². The minimum absolute atomic E-state index is 0.0564. The van der Waals surface area contributed by atoms with E-state index in [1.165, 1.54) is 30.5 Å². The van der Waals surface area contributed by atoms with E-state index in [0.29, 0.717) is 17.0 Å². The number of carbonyl (C=O) groups excluding carboxylic acids is 1. The second-order valence-electron chi connectivity index (χ2n) is 6.78. The molecule has 10 heteroatoms. The fourth-order valence-corrected chi connectivity index (χ4v) is 3.31. The first-order chi connectivity index (χ1) is 13.7. The molecule has 6 nitrogen and oxygen atoms in total. The zero-order valence-corrected chi connectivity index (χ0v) is 15.1. The van der Waals surface area contributed by atoms with E-state index in [1.807, 2.05) is 0 Å². The van der Waals surface area contributed by atoms with Gasteiger partial charge in [0.15, 0.2) is 11.7 Å². The number of aryl methyl sites for hydroxylation is 1. The van der Waals surface area contributed by atoms with Crippen LogP contribution in [0, 0.1) is 12.7 Å². The number of furan rings is 1. The maximum Gasteiger partial charge on any atom is 0.410 e. The molecular weight excluding hydrogens is 392 g/mol. The standard InChI is InChI=1S/C19H16F4N4O2/c1-10-7-11(20)4-5-12(10)25-18(28)14-9-17-24-13(15-3-2-6-29-15)8-16(19(21,22)23)27(17)26-14/h2-7,9,13,16,24H,8H2,1H3,(H,25,28)/t13-,16+/m0/s1. The van der Waals surface area contributed by atoms with Gasteiger partial charge in [0.25, 0.3) is 5.91 Å². The number of halogens is 4. The lowest BCUT2D eigenvalue weighted by Gasteiger charge is -2.32. The van der Waals surface area contributed by atoms with Gasteiger partial charge in [-0.05, 0) is 42.8 Å². The molecular formula is C19H16F4N4O2. The highest BCUT2D eigenvalue weighted by Gasteiger charge is 2.47. The number of rotatable bonds is 3. The summed E-state index contributed by atoms with van der Waals surface area (Å²) in [5.41, 5.74) is 0.633. The summed E-state index contributed by atoms with van der Waals surface area (Å²) < 4.78 is 60.1. The fourth-order valence-electron chi connectivity index (χ4n) is 3.31. The van der Waals surface area contributed by atoms with Crippen molar-refractivity contribution < 1.29 is 26.8 Å². The zero-order chi connectivity index (χ0) is 20.8. The van der Waals surface area contributed by atoms with Gasteiger partial charge >= 0.3 is 6.18 Å². The molecule has 3 heterocycles. The van der Waals surface area contributed by atoms with E-state index < -0.39 is 30.0 Å². The first-order valence-corrected chi connectivity index (χ1v) is 8.76. The van der Waals surface area contributed by atoms with Crippen molar-refractivity contribution in [1.29, 1.82) is 0 Å². The fraction of sp³-hybridized carbons (Fsp3) is 0.263. The highest BCUT2D eigenvalue weighted by molar-refractivity contribution is 6.03. The third-order valence-corrected chi connectivity index (χ3v) is 4.75. The first-order valence-electron chi connectivity index (χ1n) is 8.76. The Hall–Kier alpha value is -3.30. The Morgan fingerprint density at radius 1 is 1.31 bits per heavy atom. The summed E-state index contributed by atoms with van der Waals surface area (Å²) in [6.07, 6.45) is -3.51. The molecule has 0 radical (unpaired) electrons. The molecule has 0 spiro atoms. The third-order valence-electron chi connectivity index (χ3n) is 4.75. The van der Waals surface area contributed by atoms with Gasteiger partial charge in [-0.25, -0.2) is 9.07 Å². The second kappa shape index (κ2) is 6.94. The normalized spacial score (nSPS) is 18.8. The Morgan fingerprint density at radius 3 is 2.76 bits per heavy atom. The molecule has 152 valence electrons. The molecule has 3 aromatic rings. The molecule has 0 bridgehead atoms. The predicted molar refractivity (Wildman–Crippen MR) is 96.1 cm³/mol. The summed E-state index contributed by atoms with van der Waals surface area (Å²) in [6.45, 7) is 1.60. The number of hydrogen-bond acceptors (Lipinski definition) is 4. The Morgan fingerprint density at radius 2 is 2.10 bits per heavy atom. The number of amides is 1. The Balaban J connectivity index is 1.64. The van der Waals surface area contributed by atoms with Crippen LogP contribution in [0.1, 0.15) is 40.3 Å². The van der Waals surface area contributed by atoms with Crippen molar-refractivity contribution in [3.63, 3.8) is 0 Å². The minimum Gasteiger partial charge on any atom is -0.467 e. The van der Waals surface area contributed by atoms with Crippen molar-refractivity contribution in [3.05, 3.63) is 65.5 Å². The molecule has 0 fully saturated rings. The lowest BCUT2D eigenvalue weighted by molar-refractivity contribution is -0.174. The number of anilines is 2. The van der Waals surface area contributed by atoms with Gasteiger partial charge in [-0.2, -0.15) is 18.3 Å². The van der Waals surface area contributed by atoms with Crippen molar-refractivity contribution in [2.75, 3.05) is 10.6 Å². The summed E-state index contributed by atoms with van der Waals surface area (Å²) in [7, 11) is 0. The second-order valence-corrected chi connectivity index (χ2v) is 6.78. The molecule has 29 heavy (non-hydrogen) atoms. The summed E-state index contributed by atoms with van der Waals surface area (Å²) >= 11 is 0. The highest BCUT2D eigenvalue weighted by atomic mass is 19.4. The monoisotopic (exact) mass is 408 g/mol. The number of nitrogens with zero attached hydrogens (tertiary/aromatic N) is 2. The lowest BCUT2D eigenvalue weighted by atomic mass is 10.0. The molecule has 0 saturated carbocycles. The topological polar surface area (TPSA) is 72.1 Å². The van der Waals surface area contributed by atoms with E-state index in [2.05, 4.69) is 15.7 Å². The SMILES string of the molecule is Cc1cc(F)ccc1NC(=O)c1cc2n(n1)[C@@H](C(F)(F)F)C[C@@H](c1ccco1)N2. The van der Waals surface area contributed by atoms with Crippen molar-refractivity contribution in [2.45, 2.75) is 31.6 Å². The summed E-state index contributed by atoms with van der Waals surface area (Å²) in [5, 5.41) is 9.36. The van der Waals surface area contributed by atoms with Crippen LogP contribution in [-0.2, 0) is 0 Å². The third kappa shape index (κ3) is 3.69. The predicted octanol–water partition coefficient (Wildman–Crippen LogP) is 4.84. The van der Waals surface area contributed by atoms with Gasteiger partial charge in [0.1, 0.15) is 17.4 Å². The summed E-state index contributed by atoms with van der Waals surface area (Å²) in [4.78, 5) is 12.5. The van der Waals surface area contributed by atoms with E-state index in [1.54, 1.807) is 19.1 Å². The summed E-state index contributed by atoms with van der Waals surface area (Å²) in [6, 6.07) is 5.60. The average molecular weight is 408 g/mol. The molecule has 2 N–H and O–H groups in total. The van der Waals surface area contributed by atoms with Gasteiger partial charge in [-0.3, -0.25) is 4.79 Å². The number of aromatic nitrogens is 2. The van der Waals surface area contributed by atoms with Gasteiger partial charge in [0.05, 0.1) is 12.3 Å². The molecule has 0 aliphatic carbocycles. The van der Waals surface area contributed by atoms with Crippen molar-refractivity contribution >= 4 is 17.4 Å². The summed E-state index contributed by atoms with van der Waals surface area (Å²) in [5.74, 6) is -0.737. The van der Waals surface area contributed by atoms with Crippen LogP contribution in [0.3, 0.4) is 0 Å². The van der Waals surface area contributed by atoms with Crippen LogP contribution in [0.2, 0.25) is 0 Å². The van der Waals surface area contributed by atoms with Crippen LogP contribution in [0.15, 0.2) is 47.1 Å². The van der Waals surface area contributed by atoms with E-state index in [-0.39, 0.29) is 17.9 Å². The van der Waals surface area contributed by atoms with Gasteiger partial charge in [0.2, 0.25) is 0 Å². The van der Waals surface area contributed by atoms with Crippen molar-refractivity contribution in [3.8, 4) is 0 Å². The molecule has 0 saturated heterocycles. The maximum atomic E-state index is 13.6. The first kappa shape index (κ1) is 19.0. The van der Waals surface area contributed by atoms with Crippen LogP contribution in [0.25, 0.3) is 0 Å². The minimum atomic E-state index is -4.56. The zero-order valence-electron chi connectivity index (χ0n) is 15.1. The number of fused-ring (bicyclic) bond motifs is 1. The van der Waals surface area contributed by atoms with Crippen LogP contribution in [-0.4, -0.2) is 21.9 Å².